The fourth-order valence-corrected chi connectivity index (χ4v) is 1.72. The molecule has 0 fully saturated rings. The summed E-state index contributed by atoms with van der Waals surface area (Å²) in [5, 5.41) is -0.333. The molecule has 0 heterocycles. The van der Waals surface area contributed by atoms with Gasteiger partial charge in [0, 0.05) is 17.2 Å². The molecule has 0 bridgehead atoms. The number of amides is 1. The van der Waals surface area contributed by atoms with Crippen molar-refractivity contribution in [2.24, 2.45) is 0 Å². The Labute approximate surface area is 143 Å². The number of esters is 1. The van der Waals surface area contributed by atoms with Crippen molar-refractivity contribution in [3.8, 4) is 5.75 Å². The quantitative estimate of drug-likeness (QED) is 0.791. The van der Waals surface area contributed by atoms with E-state index in [9.17, 15) is 9.59 Å². The van der Waals surface area contributed by atoms with E-state index < -0.39 is 43.1 Å². The molecular formula is C15H20ClNO5. The van der Waals surface area contributed by atoms with Crippen molar-refractivity contribution in [2.75, 3.05) is 26.0 Å². The third-order valence-electron chi connectivity index (χ3n) is 2.38. The SMILES string of the molecule is [2H]C([2H])([2H])Oc1cc(N(C(=O)OC(C)(C)C)C([2H])([2H])[2H])c(Cl)cc1C(=O)OC. The fraction of sp³-hybridized carbons (Fsp3) is 0.467. The Hall–Kier alpha value is -1.95. The minimum Gasteiger partial charge on any atom is -0.496 e. The zero-order chi connectivity index (χ0) is 22.1. The predicted molar refractivity (Wildman–Crippen MR) is 84.0 cm³/mol. The van der Waals surface area contributed by atoms with Crippen molar-refractivity contribution in [3.63, 3.8) is 0 Å². The number of carbonyl (C=O) groups is 2. The van der Waals surface area contributed by atoms with Crippen LogP contribution in [0.3, 0.4) is 0 Å². The van der Waals surface area contributed by atoms with Gasteiger partial charge in [-0.2, -0.15) is 0 Å². The van der Waals surface area contributed by atoms with Crippen LogP contribution >= 0.6 is 11.6 Å². The number of ether oxygens (including phenoxy) is 3. The van der Waals surface area contributed by atoms with Crippen LogP contribution in [0.5, 0.6) is 5.75 Å². The van der Waals surface area contributed by atoms with Gasteiger partial charge < -0.3 is 14.2 Å². The summed E-state index contributed by atoms with van der Waals surface area (Å²) in [5.41, 5.74) is -1.80. The fourth-order valence-electron chi connectivity index (χ4n) is 1.47. The molecule has 0 saturated carbocycles. The van der Waals surface area contributed by atoms with E-state index in [0.29, 0.717) is 0 Å². The Balaban J connectivity index is 3.64. The van der Waals surface area contributed by atoms with Crippen LogP contribution in [0.15, 0.2) is 12.1 Å². The van der Waals surface area contributed by atoms with E-state index >= 15 is 0 Å². The lowest BCUT2D eigenvalue weighted by molar-refractivity contribution is 0.0585. The van der Waals surface area contributed by atoms with Crippen LogP contribution in [0.25, 0.3) is 0 Å². The van der Waals surface area contributed by atoms with E-state index in [4.69, 9.17) is 29.3 Å². The molecule has 1 rings (SSSR count). The van der Waals surface area contributed by atoms with Crippen molar-refractivity contribution in [1.82, 2.24) is 0 Å². The van der Waals surface area contributed by atoms with E-state index in [0.717, 1.165) is 19.2 Å². The van der Waals surface area contributed by atoms with E-state index in [2.05, 4.69) is 4.74 Å². The van der Waals surface area contributed by atoms with Crippen molar-refractivity contribution in [1.29, 1.82) is 0 Å². The maximum atomic E-state index is 12.5. The first-order chi connectivity index (χ1) is 12.5. The molecule has 1 aromatic rings. The zero-order valence-electron chi connectivity index (χ0n) is 18.5. The normalized spacial score (nSPS) is 16.0. The van der Waals surface area contributed by atoms with Crippen LogP contribution in [-0.2, 0) is 9.47 Å². The summed E-state index contributed by atoms with van der Waals surface area (Å²) < 4.78 is 59.0. The van der Waals surface area contributed by atoms with Crippen molar-refractivity contribution < 1.29 is 32.0 Å². The lowest BCUT2D eigenvalue weighted by Gasteiger charge is -2.25. The predicted octanol–water partition coefficient (Wildman–Crippen LogP) is 3.51. The third kappa shape index (κ3) is 4.27. The highest BCUT2D eigenvalue weighted by atomic mass is 35.5. The largest absolute Gasteiger partial charge is 0.496 e. The van der Waals surface area contributed by atoms with E-state index in [1.54, 1.807) is 0 Å². The Morgan fingerprint density at radius 1 is 1.32 bits per heavy atom. The molecule has 122 valence electrons. The van der Waals surface area contributed by atoms with Crippen LogP contribution in [0.1, 0.15) is 39.4 Å². The second kappa shape index (κ2) is 6.87. The van der Waals surface area contributed by atoms with Gasteiger partial charge in [0.05, 0.1) is 29.0 Å². The molecule has 7 heteroatoms. The summed E-state index contributed by atoms with van der Waals surface area (Å²) in [6.45, 7) is 1.57. The maximum absolute atomic E-state index is 12.5. The van der Waals surface area contributed by atoms with Gasteiger partial charge >= 0.3 is 12.1 Å². The Bertz CT molecular complexity index is 757. The standard InChI is InChI=1S/C15H20ClNO5/c1-15(2,3)22-14(19)17(4)11-8-12(20-5)9(7-10(11)16)13(18)21-6/h7-8H,1-6H3/i4D3,5D3. The second-order valence-electron chi connectivity index (χ2n) is 5.21. The maximum Gasteiger partial charge on any atom is 0.414 e. The van der Waals surface area contributed by atoms with Crippen molar-refractivity contribution in [2.45, 2.75) is 26.4 Å². The summed E-state index contributed by atoms with van der Waals surface area (Å²) in [4.78, 5) is 24.7. The number of hydrogen-bond acceptors (Lipinski definition) is 5. The van der Waals surface area contributed by atoms with Gasteiger partial charge in [-0.25, -0.2) is 9.59 Å². The van der Waals surface area contributed by atoms with Crippen LogP contribution in [-0.4, -0.2) is 38.8 Å². The van der Waals surface area contributed by atoms with Gasteiger partial charge in [0.25, 0.3) is 0 Å². The number of rotatable bonds is 3. The Morgan fingerprint density at radius 3 is 2.50 bits per heavy atom. The lowest BCUT2D eigenvalue weighted by atomic mass is 10.1. The Morgan fingerprint density at radius 2 is 2.00 bits per heavy atom. The molecule has 6 nitrogen and oxygen atoms in total. The summed E-state index contributed by atoms with van der Waals surface area (Å²) in [7, 11) is -1.91. The van der Waals surface area contributed by atoms with Gasteiger partial charge in [-0.3, -0.25) is 4.90 Å². The molecule has 0 aliphatic heterocycles. The molecule has 0 aliphatic rings. The molecule has 0 spiro atoms. The number of benzene rings is 1. The number of carbonyl (C=O) groups excluding carboxylic acids is 2. The number of anilines is 1. The number of hydrogen-bond donors (Lipinski definition) is 0. The first kappa shape index (κ1) is 10.7. The highest BCUT2D eigenvalue weighted by Crippen LogP contribution is 2.34. The lowest BCUT2D eigenvalue weighted by Crippen LogP contribution is -2.34. The molecule has 0 aromatic heterocycles. The van der Waals surface area contributed by atoms with E-state index in [1.807, 2.05) is 0 Å². The minimum absolute atomic E-state index is 0.272. The van der Waals surface area contributed by atoms with Gasteiger partial charge in [0.1, 0.15) is 16.9 Å². The van der Waals surface area contributed by atoms with Gasteiger partial charge in [-0.05, 0) is 26.8 Å². The molecule has 0 saturated heterocycles. The summed E-state index contributed by atoms with van der Waals surface area (Å²) in [6.07, 6.45) is -1.25. The Kier molecular flexibility index (Phi) is 3.35. The highest BCUT2D eigenvalue weighted by molar-refractivity contribution is 6.34. The summed E-state index contributed by atoms with van der Waals surface area (Å²) >= 11 is 6.09. The second-order valence-corrected chi connectivity index (χ2v) is 5.62. The molecule has 0 atom stereocenters. The third-order valence-corrected chi connectivity index (χ3v) is 2.68. The van der Waals surface area contributed by atoms with Crippen LogP contribution < -0.4 is 9.64 Å². The first-order valence-corrected chi connectivity index (χ1v) is 6.48. The van der Waals surface area contributed by atoms with Crippen molar-refractivity contribution in [3.05, 3.63) is 22.7 Å². The summed E-state index contributed by atoms with van der Waals surface area (Å²) in [6, 6.07) is 1.81. The zero-order valence-corrected chi connectivity index (χ0v) is 13.3. The number of methoxy groups -OCH3 is 2. The summed E-state index contributed by atoms with van der Waals surface area (Å²) in [5.74, 6) is -1.51. The van der Waals surface area contributed by atoms with E-state index in [1.165, 1.54) is 20.8 Å². The number of halogens is 1. The average molecular weight is 336 g/mol. The molecular weight excluding hydrogens is 310 g/mol. The van der Waals surface area contributed by atoms with Gasteiger partial charge in [0.2, 0.25) is 0 Å². The van der Waals surface area contributed by atoms with Gasteiger partial charge in [-0.1, -0.05) is 11.6 Å². The topological polar surface area (TPSA) is 65.1 Å². The van der Waals surface area contributed by atoms with Crippen LogP contribution in [0.2, 0.25) is 5.02 Å². The van der Waals surface area contributed by atoms with E-state index in [-0.39, 0.29) is 15.5 Å². The minimum atomic E-state index is -3.03. The molecule has 0 radical (unpaired) electrons. The van der Waals surface area contributed by atoms with Gasteiger partial charge in [0.15, 0.2) is 0 Å². The smallest absolute Gasteiger partial charge is 0.414 e. The number of nitrogens with zero attached hydrogens (tertiary/aromatic N) is 1. The van der Waals surface area contributed by atoms with Crippen LogP contribution in [0.4, 0.5) is 10.5 Å². The van der Waals surface area contributed by atoms with Crippen molar-refractivity contribution >= 4 is 29.4 Å². The average Bonchev–Trinajstić information content (AvgIpc) is 2.44. The first-order valence-electron chi connectivity index (χ1n) is 9.10. The monoisotopic (exact) mass is 335 g/mol. The van der Waals surface area contributed by atoms with Crippen LogP contribution in [0, 0.1) is 0 Å². The molecule has 1 amide bonds. The molecule has 0 N–H and O–H groups in total. The molecule has 1 aromatic carbocycles. The highest BCUT2D eigenvalue weighted by Gasteiger charge is 2.24. The molecule has 0 unspecified atom stereocenters. The van der Waals surface area contributed by atoms with Gasteiger partial charge in [-0.15, -0.1) is 0 Å². The molecule has 22 heavy (non-hydrogen) atoms. The molecule has 0 aliphatic carbocycles.